The molecular weight excluding hydrogens is 841 g/mol. The van der Waals surface area contributed by atoms with Gasteiger partial charge in [0, 0.05) is 59.1 Å². The Morgan fingerprint density at radius 3 is 0.956 bits per heavy atom. The maximum Gasteiger partial charge on any atom is 0.161 e. The number of rotatable bonds is 8. The Morgan fingerprint density at radius 1 is 0.265 bits per heavy atom. The van der Waals surface area contributed by atoms with Crippen LogP contribution in [0.2, 0.25) is 0 Å². The lowest BCUT2D eigenvalue weighted by molar-refractivity contribution is 0.669. The number of nitrogens with zero attached hydrogens (tertiary/aromatic N) is 8. The molecule has 10 heterocycles. The molecule has 0 saturated heterocycles. The molecule has 0 saturated carbocycles. The number of hydrogen-bond donors (Lipinski definition) is 0. The number of benzene rings is 3. The zero-order valence-corrected chi connectivity index (χ0v) is 36.0. The summed E-state index contributed by atoms with van der Waals surface area (Å²) in [4.78, 5) is 38.0. The van der Waals surface area contributed by atoms with Crippen molar-refractivity contribution in [2.45, 2.75) is 0 Å². The third-order valence-electron chi connectivity index (χ3n) is 12.2. The monoisotopic (exact) mass is 874 g/mol. The van der Waals surface area contributed by atoms with Crippen molar-refractivity contribution in [3.05, 3.63) is 207 Å². The summed E-state index contributed by atoms with van der Waals surface area (Å²) in [6, 6.07) is 56.6. The van der Waals surface area contributed by atoms with E-state index in [1.54, 1.807) is 24.8 Å². The fourth-order valence-corrected chi connectivity index (χ4v) is 8.93. The number of hydrogen-bond acceptors (Lipinski definition) is 10. The largest absolute Gasteiger partial charge is 0.454 e. The summed E-state index contributed by atoms with van der Waals surface area (Å²) < 4.78 is 13.2. The first kappa shape index (κ1) is 38.9. The van der Waals surface area contributed by atoms with E-state index in [1.165, 1.54) is 0 Å². The van der Waals surface area contributed by atoms with E-state index in [4.69, 9.17) is 28.8 Å². The Bertz CT molecular complexity index is 3630. The average molecular weight is 875 g/mol. The molecule has 10 heteroatoms. The fraction of sp³-hybridized carbons (Fsp3) is 0. The quantitative estimate of drug-likeness (QED) is 0.145. The second kappa shape index (κ2) is 16.2. The van der Waals surface area contributed by atoms with Crippen LogP contribution < -0.4 is 0 Å². The van der Waals surface area contributed by atoms with Gasteiger partial charge in [0.15, 0.2) is 11.2 Å². The van der Waals surface area contributed by atoms with Crippen LogP contribution in [0, 0.1) is 0 Å². The van der Waals surface area contributed by atoms with Crippen molar-refractivity contribution in [1.82, 2.24) is 39.9 Å². The number of fused-ring (bicyclic) bond motifs is 6. The molecule has 13 rings (SSSR count). The summed E-state index contributed by atoms with van der Waals surface area (Å²) >= 11 is 0. The van der Waals surface area contributed by atoms with Crippen LogP contribution in [0.15, 0.2) is 216 Å². The molecule has 0 fully saturated rings. The predicted octanol–water partition coefficient (Wildman–Crippen LogP) is 14.0. The second-order valence-electron chi connectivity index (χ2n) is 16.4. The van der Waals surface area contributed by atoms with Crippen LogP contribution in [0.3, 0.4) is 0 Å². The van der Waals surface area contributed by atoms with Crippen molar-refractivity contribution in [1.29, 1.82) is 0 Å². The number of aromatic nitrogens is 8. The smallest absolute Gasteiger partial charge is 0.161 e. The van der Waals surface area contributed by atoms with E-state index in [0.717, 1.165) is 134 Å². The summed E-state index contributed by atoms with van der Waals surface area (Å²) in [5, 5.41) is 1.84. The van der Waals surface area contributed by atoms with E-state index in [9.17, 15) is 0 Å². The standard InChI is InChI=1S/C58H34N8O2/c1-5-23-59-45(9-1)49-31-39(32-50(65-49)46-10-2-6-24-60-46)37-17-19-53-43(29-37)55-57(67-53)41(21-27-63-55)35-13-15-36(16-14-35)42-22-28-64-56-44-30-38(18-20-54(44)68-58(42)56)40-33-51(47-11-3-7-25-61-47)66-52(34-40)48-12-4-8-26-62-48/h1-34H. The summed E-state index contributed by atoms with van der Waals surface area (Å²) in [5.41, 5.74) is 18.6. The molecular formula is C58H34N8O2. The van der Waals surface area contributed by atoms with Crippen LogP contribution >= 0.6 is 0 Å². The summed E-state index contributed by atoms with van der Waals surface area (Å²) in [5.74, 6) is 0. The van der Waals surface area contributed by atoms with Gasteiger partial charge in [-0.25, -0.2) is 9.97 Å². The van der Waals surface area contributed by atoms with Crippen LogP contribution in [0.5, 0.6) is 0 Å². The molecule has 0 atom stereocenters. The normalized spacial score (nSPS) is 11.5. The van der Waals surface area contributed by atoms with Gasteiger partial charge in [0.05, 0.1) is 45.6 Å². The molecule has 0 unspecified atom stereocenters. The van der Waals surface area contributed by atoms with Crippen LogP contribution in [-0.2, 0) is 0 Å². The van der Waals surface area contributed by atoms with Crippen molar-refractivity contribution in [2.24, 2.45) is 0 Å². The van der Waals surface area contributed by atoms with Gasteiger partial charge >= 0.3 is 0 Å². The van der Waals surface area contributed by atoms with Gasteiger partial charge in [-0.15, -0.1) is 0 Å². The topological polar surface area (TPSA) is 129 Å². The third-order valence-corrected chi connectivity index (χ3v) is 12.2. The lowest BCUT2D eigenvalue weighted by atomic mass is 9.99. The highest BCUT2D eigenvalue weighted by atomic mass is 16.3. The highest BCUT2D eigenvalue weighted by molar-refractivity contribution is 6.10. The maximum absolute atomic E-state index is 6.59. The lowest BCUT2D eigenvalue weighted by Gasteiger charge is -2.09. The van der Waals surface area contributed by atoms with Gasteiger partial charge in [0.1, 0.15) is 22.2 Å². The van der Waals surface area contributed by atoms with E-state index in [-0.39, 0.29) is 0 Å². The van der Waals surface area contributed by atoms with Crippen molar-refractivity contribution < 1.29 is 8.83 Å². The maximum atomic E-state index is 6.59. The Kier molecular flexibility index (Phi) is 9.24. The van der Waals surface area contributed by atoms with Gasteiger partial charge in [-0.2, -0.15) is 0 Å². The van der Waals surface area contributed by atoms with Gasteiger partial charge in [-0.3, -0.25) is 29.9 Å². The molecule has 10 nitrogen and oxygen atoms in total. The highest BCUT2D eigenvalue weighted by Gasteiger charge is 2.19. The minimum atomic E-state index is 0.721. The third kappa shape index (κ3) is 6.92. The SMILES string of the molecule is c1ccc(-c2cc(-c3ccc4oc5c(-c6ccc(-c7ccnc8c7oc7ccc(-c9cc(-c%10ccccn%10)nc(-c%10ccccn%10)c9)cc78)cc6)ccnc5c4c3)cc(-c3ccccn3)n2)nc1. The minimum absolute atomic E-state index is 0.721. The molecule has 0 N–H and O–H groups in total. The number of pyridine rings is 8. The molecule has 318 valence electrons. The van der Waals surface area contributed by atoms with Crippen LogP contribution in [-0.4, -0.2) is 39.9 Å². The molecule has 0 aliphatic carbocycles. The molecule has 10 aromatic heterocycles. The van der Waals surface area contributed by atoms with Crippen LogP contribution in [0.4, 0.5) is 0 Å². The Labute approximate surface area is 388 Å². The van der Waals surface area contributed by atoms with Crippen molar-refractivity contribution in [3.8, 4) is 90.1 Å². The van der Waals surface area contributed by atoms with E-state index in [1.807, 2.05) is 109 Å². The Balaban J connectivity index is 0.846. The average Bonchev–Trinajstić information content (AvgIpc) is 4.00. The van der Waals surface area contributed by atoms with Crippen LogP contribution in [0.25, 0.3) is 134 Å². The van der Waals surface area contributed by atoms with E-state index in [0.29, 0.717) is 0 Å². The summed E-state index contributed by atoms with van der Waals surface area (Å²) in [6.45, 7) is 0. The highest BCUT2D eigenvalue weighted by Crippen LogP contribution is 2.41. The van der Waals surface area contributed by atoms with Gasteiger partial charge in [-0.05, 0) is 143 Å². The summed E-state index contributed by atoms with van der Waals surface area (Å²) in [6.07, 6.45) is 10.8. The molecule has 3 aromatic carbocycles. The molecule has 0 radical (unpaired) electrons. The van der Waals surface area contributed by atoms with Gasteiger partial charge in [0.25, 0.3) is 0 Å². The first-order chi connectivity index (χ1) is 33.7. The van der Waals surface area contributed by atoms with Gasteiger partial charge in [-0.1, -0.05) is 60.7 Å². The molecule has 0 amide bonds. The van der Waals surface area contributed by atoms with E-state index in [2.05, 4.69) is 92.7 Å². The lowest BCUT2D eigenvalue weighted by Crippen LogP contribution is -1.93. The Morgan fingerprint density at radius 2 is 0.618 bits per heavy atom. The first-order valence-corrected chi connectivity index (χ1v) is 22.1. The molecule has 0 spiro atoms. The Hall–Kier alpha value is -9.54. The minimum Gasteiger partial charge on any atom is -0.454 e. The molecule has 0 bridgehead atoms. The van der Waals surface area contributed by atoms with Gasteiger partial charge < -0.3 is 8.83 Å². The fourth-order valence-electron chi connectivity index (χ4n) is 8.93. The first-order valence-electron chi connectivity index (χ1n) is 22.1. The zero-order valence-electron chi connectivity index (χ0n) is 36.0. The molecule has 0 aliphatic heterocycles. The zero-order chi connectivity index (χ0) is 45.0. The number of furan rings is 2. The predicted molar refractivity (Wildman–Crippen MR) is 267 cm³/mol. The van der Waals surface area contributed by atoms with Crippen molar-refractivity contribution in [2.75, 3.05) is 0 Å². The van der Waals surface area contributed by atoms with Gasteiger partial charge in [0.2, 0.25) is 0 Å². The second-order valence-corrected chi connectivity index (χ2v) is 16.4. The van der Waals surface area contributed by atoms with Crippen LogP contribution in [0.1, 0.15) is 0 Å². The van der Waals surface area contributed by atoms with E-state index >= 15 is 0 Å². The molecule has 0 aliphatic rings. The van der Waals surface area contributed by atoms with E-state index < -0.39 is 0 Å². The summed E-state index contributed by atoms with van der Waals surface area (Å²) in [7, 11) is 0. The molecule has 68 heavy (non-hydrogen) atoms. The van der Waals surface area contributed by atoms with Crippen molar-refractivity contribution in [3.63, 3.8) is 0 Å². The molecule has 13 aromatic rings. The van der Waals surface area contributed by atoms with Crippen molar-refractivity contribution >= 4 is 44.1 Å².